The van der Waals surface area contributed by atoms with Crippen LogP contribution in [0.15, 0.2) is 83.3 Å². The van der Waals surface area contributed by atoms with Crippen LogP contribution in [0.5, 0.6) is 0 Å². The molecule has 3 aromatic carbocycles. The number of fused-ring (bicyclic) bond motifs is 3. The van der Waals surface area contributed by atoms with E-state index in [1.807, 2.05) is 86.0 Å². The highest BCUT2D eigenvalue weighted by Crippen LogP contribution is 2.40. The van der Waals surface area contributed by atoms with Gasteiger partial charge in [-0.3, -0.25) is 33.5 Å². The number of amides is 4. The van der Waals surface area contributed by atoms with Gasteiger partial charge in [-0.25, -0.2) is 4.98 Å². The summed E-state index contributed by atoms with van der Waals surface area (Å²) in [5, 5.41) is 28.9. The first-order valence-electron chi connectivity index (χ1n) is 23.1. The predicted molar refractivity (Wildman–Crippen MR) is 269 cm³/mol. The van der Waals surface area contributed by atoms with Gasteiger partial charge in [0.2, 0.25) is 17.7 Å². The zero-order chi connectivity index (χ0) is 50.2. The number of aliphatic hydroxyl groups excluding tert-OH is 1. The van der Waals surface area contributed by atoms with E-state index >= 15 is 0 Å². The summed E-state index contributed by atoms with van der Waals surface area (Å²) in [4.78, 5) is 80.3. The van der Waals surface area contributed by atoms with Crippen molar-refractivity contribution in [1.82, 2.24) is 40.6 Å². The normalized spacial score (nSPS) is 17.4. The van der Waals surface area contributed by atoms with E-state index < -0.39 is 65.8 Å². The smallest absolute Gasteiger partial charge is 0.308 e. The Morgan fingerprint density at radius 2 is 1.51 bits per heavy atom. The lowest BCUT2D eigenvalue weighted by molar-refractivity contribution is -0.144. The number of nitrogens with one attached hydrogen (secondary N) is 3. The Morgan fingerprint density at radius 1 is 0.871 bits per heavy atom. The van der Waals surface area contributed by atoms with Crippen LogP contribution in [0, 0.1) is 33.1 Å². The van der Waals surface area contributed by atoms with E-state index in [-0.39, 0.29) is 25.4 Å². The molecule has 0 saturated carbocycles. The van der Waals surface area contributed by atoms with Crippen LogP contribution in [0.3, 0.4) is 0 Å². The van der Waals surface area contributed by atoms with Crippen LogP contribution >= 0.6 is 22.7 Å². The molecule has 18 heteroatoms. The van der Waals surface area contributed by atoms with E-state index in [0.717, 1.165) is 65.1 Å². The maximum Gasteiger partial charge on any atom is 0.308 e. The van der Waals surface area contributed by atoms with Gasteiger partial charge in [-0.15, -0.1) is 32.9 Å². The first-order chi connectivity index (χ1) is 33.3. The van der Waals surface area contributed by atoms with Crippen molar-refractivity contribution < 1.29 is 33.8 Å². The van der Waals surface area contributed by atoms with Gasteiger partial charge in [0.15, 0.2) is 5.82 Å². The SMILES string of the molecule is COC(=O)C[C@@H]1N=C(c2ccc(-c3ccc(C(=O)NCC(=O)NC(C(=O)N4C[C@H](O)C[C@H]4C(=O)N[C@@H](C)c4ccc(-c5scnc5C)cc4)C(C)(C)C)cc3)cc2)c2c(sc(C)c2C)-n2c(C)nnc21. The van der Waals surface area contributed by atoms with Crippen molar-refractivity contribution in [2.45, 2.75) is 98.5 Å². The van der Waals surface area contributed by atoms with Crippen LogP contribution in [0.1, 0.15) is 107 Å². The number of esters is 1. The molecule has 4 N–H and O–H groups in total. The number of likely N-dealkylation sites (tertiary alicyclic amines) is 1. The topological polar surface area (TPSA) is 210 Å². The van der Waals surface area contributed by atoms with Crippen molar-refractivity contribution in [2.24, 2.45) is 10.4 Å². The fourth-order valence-corrected chi connectivity index (χ4v) is 10.9. The minimum absolute atomic E-state index is 0.00377. The molecular weight excluding hydrogens is 927 g/mol. The van der Waals surface area contributed by atoms with E-state index in [2.05, 4.69) is 45.0 Å². The maximum atomic E-state index is 14.2. The number of rotatable bonds is 13. The molecule has 2 aliphatic heterocycles. The number of thiazole rings is 1. The second-order valence-electron chi connectivity index (χ2n) is 18.9. The van der Waals surface area contributed by atoms with Gasteiger partial charge in [0.1, 0.15) is 29.0 Å². The summed E-state index contributed by atoms with van der Waals surface area (Å²) >= 11 is 3.19. The summed E-state index contributed by atoms with van der Waals surface area (Å²) in [6.07, 6.45) is -0.869. The molecule has 4 amide bonds. The summed E-state index contributed by atoms with van der Waals surface area (Å²) in [5.74, 6) is -1.10. The molecule has 1 fully saturated rings. The highest BCUT2D eigenvalue weighted by atomic mass is 32.1. The first kappa shape index (κ1) is 49.5. The highest BCUT2D eigenvalue weighted by molar-refractivity contribution is 7.15. The molecule has 1 unspecified atom stereocenters. The van der Waals surface area contributed by atoms with Crippen LogP contribution in [0.25, 0.3) is 26.6 Å². The Kier molecular flexibility index (Phi) is 14.3. The van der Waals surface area contributed by atoms with Gasteiger partial charge in [0.05, 0.1) is 54.0 Å². The van der Waals surface area contributed by atoms with Crippen LogP contribution in [-0.4, -0.2) is 103 Å². The Balaban J connectivity index is 0.895. The van der Waals surface area contributed by atoms with Gasteiger partial charge < -0.3 is 30.7 Å². The lowest BCUT2D eigenvalue weighted by Gasteiger charge is -2.35. The first-order valence-corrected chi connectivity index (χ1v) is 24.8. The number of benzene rings is 3. The predicted octanol–water partition coefficient (Wildman–Crippen LogP) is 6.91. The Hall–Kier alpha value is -6.89. The van der Waals surface area contributed by atoms with Gasteiger partial charge >= 0.3 is 5.97 Å². The molecule has 70 heavy (non-hydrogen) atoms. The van der Waals surface area contributed by atoms with E-state index in [4.69, 9.17) is 9.73 Å². The number of aliphatic imine (C=N–C) groups is 1. The third kappa shape index (κ3) is 10.2. The quantitative estimate of drug-likeness (QED) is 0.0879. The second-order valence-corrected chi connectivity index (χ2v) is 21.0. The number of aryl methyl sites for hydroxylation is 3. The van der Waals surface area contributed by atoms with Crippen molar-refractivity contribution in [3.8, 4) is 26.6 Å². The van der Waals surface area contributed by atoms with Gasteiger partial charge in [-0.2, -0.15) is 0 Å². The van der Waals surface area contributed by atoms with E-state index in [1.54, 1.807) is 61.1 Å². The van der Waals surface area contributed by atoms with Crippen molar-refractivity contribution in [2.75, 3.05) is 20.2 Å². The standard InChI is InChI=1S/C52H57N9O7S2/c1-27-30(4)70-51-43(27)44(56-39(23-42(64)68-9)47-59-58-31(5)61(47)51)35-16-12-33(13-17-35)34-14-20-37(21-15-34)48(65)53-24-41(63)57-46(52(6,7)8)50(67)60-25-38(62)22-40(60)49(66)55-28(2)32-10-18-36(19-11-32)45-29(3)54-26-69-45/h10-21,26,28,38-40,46,62H,22-25H2,1-9H3,(H,53,65)(H,55,66)(H,57,63)/t28-,38+,39-,40-,46?/m0/s1. The van der Waals surface area contributed by atoms with Crippen molar-refractivity contribution in [1.29, 1.82) is 0 Å². The van der Waals surface area contributed by atoms with Crippen LogP contribution in [0.4, 0.5) is 0 Å². The number of thiophene rings is 1. The maximum absolute atomic E-state index is 14.2. The Labute approximate surface area is 414 Å². The molecule has 0 bridgehead atoms. The number of β-amino-alcohol motifs (C(OH)–C–C–N with tert-alkyl or cyclic N) is 1. The molecular formula is C52H57N9O7S2. The molecule has 5 atom stereocenters. The molecule has 5 heterocycles. The number of ether oxygens (including phenoxy) is 1. The molecule has 6 aromatic rings. The summed E-state index contributed by atoms with van der Waals surface area (Å²) in [6, 6.07) is 19.8. The van der Waals surface area contributed by atoms with E-state index in [9.17, 15) is 29.1 Å². The molecule has 0 aliphatic carbocycles. The molecule has 3 aromatic heterocycles. The molecule has 364 valence electrons. The largest absolute Gasteiger partial charge is 0.469 e. The third-order valence-electron chi connectivity index (χ3n) is 12.9. The molecule has 2 aliphatic rings. The zero-order valence-electron chi connectivity index (χ0n) is 40.6. The third-order valence-corrected chi connectivity index (χ3v) is 15.1. The van der Waals surface area contributed by atoms with E-state index in [1.165, 1.54) is 12.0 Å². The number of nitrogens with zero attached hydrogens (tertiary/aromatic N) is 6. The van der Waals surface area contributed by atoms with E-state index in [0.29, 0.717) is 17.2 Å². The zero-order valence-corrected chi connectivity index (χ0v) is 42.3. The lowest BCUT2D eigenvalue weighted by Crippen LogP contribution is -2.58. The average molecular weight is 984 g/mol. The summed E-state index contributed by atoms with van der Waals surface area (Å²) < 4.78 is 7.01. The molecule has 16 nitrogen and oxygen atoms in total. The number of carbonyl (C=O) groups is 5. The Morgan fingerprint density at radius 3 is 2.14 bits per heavy atom. The van der Waals surface area contributed by atoms with Gasteiger partial charge in [-0.05, 0) is 80.0 Å². The number of carbonyl (C=O) groups excluding carboxylic acids is 5. The van der Waals surface area contributed by atoms with Gasteiger partial charge in [-0.1, -0.05) is 81.4 Å². The minimum Gasteiger partial charge on any atom is -0.469 e. The van der Waals surface area contributed by atoms with Crippen molar-refractivity contribution >= 4 is 58.0 Å². The summed E-state index contributed by atoms with van der Waals surface area (Å²) in [6.45, 7) is 14.8. The Bertz CT molecular complexity index is 2990. The average Bonchev–Trinajstić information content (AvgIpc) is 4.11. The van der Waals surface area contributed by atoms with Crippen molar-refractivity contribution in [3.63, 3.8) is 0 Å². The number of hydrogen-bond donors (Lipinski definition) is 4. The molecule has 0 radical (unpaired) electrons. The molecule has 0 spiro atoms. The second kappa shape index (κ2) is 20.2. The van der Waals surface area contributed by atoms with Crippen LogP contribution in [0.2, 0.25) is 0 Å². The van der Waals surface area contributed by atoms with Crippen LogP contribution < -0.4 is 16.0 Å². The summed E-state index contributed by atoms with van der Waals surface area (Å²) in [5.41, 5.74) is 9.60. The van der Waals surface area contributed by atoms with Crippen molar-refractivity contribution in [3.05, 3.63) is 128 Å². The fourth-order valence-electron chi connectivity index (χ4n) is 8.89. The number of hydrogen-bond acceptors (Lipinski definition) is 13. The molecule has 8 rings (SSSR count). The number of methoxy groups -OCH3 is 1. The van der Waals surface area contributed by atoms with Crippen LogP contribution in [-0.2, 0) is 23.9 Å². The van der Waals surface area contributed by atoms with Gasteiger partial charge in [0.25, 0.3) is 5.91 Å². The minimum atomic E-state index is -1.06. The monoisotopic (exact) mass is 983 g/mol. The number of aromatic nitrogens is 4. The molecule has 1 saturated heterocycles. The summed E-state index contributed by atoms with van der Waals surface area (Å²) in [7, 11) is 1.35. The fraction of sp³-hybridized carbons (Fsp3) is 0.365. The lowest BCUT2D eigenvalue weighted by atomic mass is 9.85. The number of aliphatic hydroxyl groups is 1. The highest BCUT2D eigenvalue weighted by Gasteiger charge is 2.45. The van der Waals surface area contributed by atoms with Gasteiger partial charge in [0, 0.05) is 34.5 Å².